The Morgan fingerprint density at radius 1 is 1.34 bits per heavy atom. The van der Waals surface area contributed by atoms with E-state index in [1.807, 2.05) is 33.2 Å². The second kappa shape index (κ2) is 9.74. The number of anilines is 1. The highest BCUT2D eigenvalue weighted by molar-refractivity contribution is 7.89. The number of nitrogens with zero attached hydrogens (tertiary/aromatic N) is 3. The Balaban J connectivity index is 1.81. The van der Waals surface area contributed by atoms with Gasteiger partial charge in [0.05, 0.1) is 18.7 Å². The summed E-state index contributed by atoms with van der Waals surface area (Å²) in [6.07, 6.45) is 4.45. The van der Waals surface area contributed by atoms with Gasteiger partial charge >= 0.3 is 0 Å². The lowest BCUT2D eigenvalue weighted by Crippen LogP contribution is -2.44. The second-order valence-corrected chi connectivity index (χ2v) is 10.0. The molecule has 32 heavy (non-hydrogen) atoms. The molecule has 1 fully saturated rings. The average molecular weight is 463 g/mol. The van der Waals surface area contributed by atoms with Crippen molar-refractivity contribution in [3.63, 3.8) is 0 Å². The molecule has 174 valence electrons. The molecule has 1 amide bonds. The number of aryl methyl sites for hydroxylation is 2. The zero-order valence-corrected chi connectivity index (χ0v) is 19.9. The summed E-state index contributed by atoms with van der Waals surface area (Å²) in [4.78, 5) is 14.8. The van der Waals surface area contributed by atoms with E-state index >= 15 is 0 Å². The molecule has 0 bridgehead atoms. The van der Waals surface area contributed by atoms with Crippen molar-refractivity contribution in [2.45, 2.75) is 31.6 Å². The average Bonchev–Trinajstić information content (AvgIpc) is 3.13. The highest BCUT2D eigenvalue weighted by Crippen LogP contribution is 2.31. The van der Waals surface area contributed by atoms with Crippen molar-refractivity contribution in [2.24, 2.45) is 5.92 Å². The van der Waals surface area contributed by atoms with E-state index in [2.05, 4.69) is 10.5 Å². The summed E-state index contributed by atoms with van der Waals surface area (Å²) in [5.74, 6) is 0.0159. The molecule has 1 aliphatic rings. The highest BCUT2D eigenvalue weighted by atomic mass is 32.2. The van der Waals surface area contributed by atoms with Crippen LogP contribution in [-0.4, -0.2) is 63.0 Å². The molecule has 0 unspecified atom stereocenters. The van der Waals surface area contributed by atoms with Crippen LogP contribution in [0.15, 0.2) is 33.8 Å². The number of ether oxygens (including phenoxy) is 1. The molecule has 0 radical (unpaired) electrons. The van der Waals surface area contributed by atoms with E-state index in [0.717, 1.165) is 5.56 Å². The summed E-state index contributed by atoms with van der Waals surface area (Å²) in [6.45, 7) is 3.94. The lowest BCUT2D eigenvalue weighted by atomic mass is 9.98. The first-order chi connectivity index (χ1) is 15.1. The fourth-order valence-electron chi connectivity index (χ4n) is 3.67. The number of benzene rings is 1. The van der Waals surface area contributed by atoms with Gasteiger partial charge in [-0.15, -0.1) is 0 Å². The van der Waals surface area contributed by atoms with Gasteiger partial charge in [0.15, 0.2) is 10.7 Å². The fraction of sp³-hybridized carbons (Fsp3) is 0.455. The van der Waals surface area contributed by atoms with Crippen LogP contribution in [0.4, 0.5) is 5.69 Å². The summed E-state index contributed by atoms with van der Waals surface area (Å²) in [5.41, 5.74) is 1.85. The molecule has 0 spiro atoms. The molecule has 10 heteroatoms. The normalized spacial score (nSPS) is 17.5. The van der Waals surface area contributed by atoms with Gasteiger partial charge < -0.3 is 19.5 Å². The molecule has 1 N–H and O–H groups in total. The lowest BCUT2D eigenvalue weighted by Gasteiger charge is -2.31. The molecule has 9 nitrogen and oxygen atoms in total. The third-order valence-electron chi connectivity index (χ3n) is 5.32. The zero-order valence-electron chi connectivity index (χ0n) is 19.1. The number of sulfonamides is 1. The Morgan fingerprint density at radius 2 is 2.09 bits per heavy atom. The van der Waals surface area contributed by atoms with E-state index < -0.39 is 15.9 Å². The van der Waals surface area contributed by atoms with Crippen LogP contribution in [-0.2, 0) is 14.8 Å². The Labute approximate surface area is 189 Å². The quantitative estimate of drug-likeness (QED) is 0.674. The van der Waals surface area contributed by atoms with Crippen LogP contribution in [0.25, 0.3) is 6.08 Å². The Kier molecular flexibility index (Phi) is 7.25. The van der Waals surface area contributed by atoms with Gasteiger partial charge in [-0.2, -0.15) is 4.31 Å². The number of carbonyl (C=O) groups excluding carboxylic acids is 1. The number of hydrogen-bond acceptors (Lipinski definition) is 7. The van der Waals surface area contributed by atoms with Crippen LogP contribution in [0.1, 0.15) is 29.9 Å². The van der Waals surface area contributed by atoms with Crippen molar-refractivity contribution >= 4 is 27.7 Å². The molecule has 1 saturated heterocycles. The third kappa shape index (κ3) is 5.13. The van der Waals surface area contributed by atoms with E-state index in [1.54, 1.807) is 37.3 Å². The van der Waals surface area contributed by atoms with Crippen LogP contribution in [0, 0.1) is 19.8 Å². The fourth-order valence-corrected chi connectivity index (χ4v) is 5.45. The van der Waals surface area contributed by atoms with E-state index in [1.165, 1.54) is 4.31 Å². The minimum atomic E-state index is -3.88. The number of methoxy groups -OCH3 is 1. The molecule has 2 aromatic rings. The Hall–Kier alpha value is -2.85. The molecule has 1 atom stereocenters. The molecular formula is C22H30N4O5S. The van der Waals surface area contributed by atoms with Gasteiger partial charge in [-0.25, -0.2) is 8.42 Å². The first-order valence-electron chi connectivity index (χ1n) is 10.4. The van der Waals surface area contributed by atoms with Crippen LogP contribution in [0.5, 0.6) is 5.75 Å². The number of amides is 1. The number of carbonyl (C=O) groups is 1. The van der Waals surface area contributed by atoms with E-state index in [4.69, 9.17) is 9.26 Å². The largest absolute Gasteiger partial charge is 0.495 e. The predicted molar refractivity (Wildman–Crippen MR) is 122 cm³/mol. The number of aromatic nitrogens is 1. The monoisotopic (exact) mass is 462 g/mol. The van der Waals surface area contributed by atoms with Crippen molar-refractivity contribution in [2.75, 3.05) is 39.6 Å². The maximum absolute atomic E-state index is 13.4. The summed E-state index contributed by atoms with van der Waals surface area (Å²) >= 11 is 0. The van der Waals surface area contributed by atoms with E-state index in [-0.39, 0.29) is 23.1 Å². The van der Waals surface area contributed by atoms with Crippen molar-refractivity contribution < 1.29 is 22.5 Å². The number of rotatable bonds is 7. The van der Waals surface area contributed by atoms with Crippen LogP contribution in [0.2, 0.25) is 0 Å². The molecule has 2 heterocycles. The molecule has 0 aliphatic carbocycles. The van der Waals surface area contributed by atoms with Gasteiger partial charge in [0.25, 0.3) is 0 Å². The van der Waals surface area contributed by atoms with Crippen LogP contribution >= 0.6 is 0 Å². The minimum Gasteiger partial charge on any atom is -0.495 e. The molecule has 1 aromatic carbocycles. The van der Waals surface area contributed by atoms with Crippen LogP contribution < -0.4 is 10.1 Å². The first kappa shape index (κ1) is 23.8. The van der Waals surface area contributed by atoms with Crippen molar-refractivity contribution in [3.05, 3.63) is 41.4 Å². The van der Waals surface area contributed by atoms with E-state index in [9.17, 15) is 13.2 Å². The predicted octanol–water partition coefficient (Wildman–Crippen LogP) is 2.87. The summed E-state index contributed by atoms with van der Waals surface area (Å²) in [5, 5.41) is 6.75. The first-order valence-corrected chi connectivity index (χ1v) is 11.8. The maximum Gasteiger partial charge on any atom is 0.248 e. The van der Waals surface area contributed by atoms with Gasteiger partial charge in [-0.3, -0.25) is 4.79 Å². The topological polar surface area (TPSA) is 105 Å². The molecule has 3 rings (SSSR count). The molecule has 0 saturated carbocycles. The lowest BCUT2D eigenvalue weighted by molar-refractivity contribution is -0.120. The number of piperidine rings is 1. The van der Waals surface area contributed by atoms with Crippen molar-refractivity contribution in [1.82, 2.24) is 14.4 Å². The van der Waals surface area contributed by atoms with Crippen LogP contribution in [0.3, 0.4) is 0 Å². The Bertz CT molecular complexity index is 1110. The number of hydrogen-bond donors (Lipinski definition) is 1. The summed E-state index contributed by atoms with van der Waals surface area (Å²) < 4.78 is 38.8. The van der Waals surface area contributed by atoms with Gasteiger partial charge in [0.1, 0.15) is 11.4 Å². The minimum absolute atomic E-state index is 0.0389. The molecular weight excluding hydrogens is 432 g/mol. The van der Waals surface area contributed by atoms with Gasteiger partial charge in [-0.1, -0.05) is 11.2 Å². The third-order valence-corrected chi connectivity index (χ3v) is 7.35. The summed E-state index contributed by atoms with van der Waals surface area (Å²) in [7, 11) is 1.31. The molecule has 1 aliphatic heterocycles. The Morgan fingerprint density at radius 3 is 2.78 bits per heavy atom. The summed E-state index contributed by atoms with van der Waals surface area (Å²) in [6, 6.07) is 5.52. The number of nitrogens with one attached hydrogen (secondary N) is 1. The van der Waals surface area contributed by atoms with Crippen molar-refractivity contribution in [1.29, 1.82) is 0 Å². The second-order valence-electron chi connectivity index (χ2n) is 8.14. The van der Waals surface area contributed by atoms with Gasteiger partial charge in [0, 0.05) is 39.5 Å². The maximum atomic E-state index is 13.4. The van der Waals surface area contributed by atoms with E-state index in [0.29, 0.717) is 36.5 Å². The highest BCUT2D eigenvalue weighted by Gasteiger charge is 2.37. The zero-order chi connectivity index (χ0) is 23.5. The van der Waals surface area contributed by atoms with Gasteiger partial charge in [0.2, 0.25) is 15.9 Å². The molecule has 1 aromatic heterocycles. The SMILES string of the molecule is COc1ccc(C)cc1NC(=O)[C@@H]1CCCN(S(=O)(=O)c2c(C)noc2/C=C/N(C)C)C1. The smallest absolute Gasteiger partial charge is 0.248 e. The van der Waals surface area contributed by atoms with Crippen molar-refractivity contribution in [3.8, 4) is 5.75 Å². The van der Waals surface area contributed by atoms with Gasteiger partial charge in [-0.05, 0) is 44.4 Å². The standard InChI is InChI=1S/C22H30N4O5S/c1-15-8-9-19(30-5)18(13-15)23-22(27)17-7-6-11-26(14-17)32(28,29)21-16(2)24-31-20(21)10-12-25(3)4/h8-10,12-13,17H,6-7,11,14H2,1-5H3,(H,23,27)/b12-10+/t17-/m1/s1.